The smallest absolute Gasteiger partial charge is 0.242 e. The SMILES string of the molecule is CCOCC(C)NS(=O)(=O)c1ccc(C#N)cc1Cl. The number of ether oxygens (including phenoxy) is 1. The molecule has 0 saturated carbocycles. The van der Waals surface area contributed by atoms with E-state index in [1.807, 2.05) is 13.0 Å². The Kier molecular flexibility index (Phi) is 5.76. The third-order valence-corrected chi connectivity index (χ3v) is 4.35. The third-order valence-electron chi connectivity index (χ3n) is 2.28. The first-order valence-corrected chi connectivity index (χ1v) is 7.56. The molecule has 0 fully saturated rings. The van der Waals surface area contributed by atoms with Gasteiger partial charge < -0.3 is 4.74 Å². The van der Waals surface area contributed by atoms with E-state index >= 15 is 0 Å². The fourth-order valence-electron chi connectivity index (χ4n) is 1.45. The van der Waals surface area contributed by atoms with E-state index in [-0.39, 0.29) is 22.6 Å². The second-order valence-corrected chi connectivity index (χ2v) is 6.03. The fraction of sp³-hybridized carbons (Fsp3) is 0.417. The first kappa shape index (κ1) is 15.9. The molecule has 0 amide bonds. The summed E-state index contributed by atoms with van der Waals surface area (Å²) in [5, 5.41) is 8.73. The van der Waals surface area contributed by atoms with Crippen LogP contribution in [0.25, 0.3) is 0 Å². The van der Waals surface area contributed by atoms with Gasteiger partial charge >= 0.3 is 0 Å². The Hall–Kier alpha value is -1.13. The Morgan fingerprint density at radius 1 is 1.53 bits per heavy atom. The van der Waals surface area contributed by atoms with Crippen molar-refractivity contribution in [3.8, 4) is 6.07 Å². The Morgan fingerprint density at radius 2 is 2.21 bits per heavy atom. The molecule has 1 aromatic rings. The lowest BCUT2D eigenvalue weighted by Crippen LogP contribution is -2.36. The highest BCUT2D eigenvalue weighted by molar-refractivity contribution is 7.89. The van der Waals surface area contributed by atoms with Gasteiger partial charge in [-0.15, -0.1) is 0 Å². The number of nitrogens with one attached hydrogen (secondary N) is 1. The van der Waals surface area contributed by atoms with Crippen LogP contribution in [0.15, 0.2) is 23.1 Å². The molecule has 0 spiro atoms. The van der Waals surface area contributed by atoms with Crippen molar-refractivity contribution < 1.29 is 13.2 Å². The maximum Gasteiger partial charge on any atom is 0.242 e. The van der Waals surface area contributed by atoms with Crippen LogP contribution in [0, 0.1) is 11.3 Å². The molecule has 19 heavy (non-hydrogen) atoms. The van der Waals surface area contributed by atoms with Gasteiger partial charge in [0, 0.05) is 12.6 Å². The predicted octanol–water partition coefficient (Wildman–Crippen LogP) is 1.91. The maximum atomic E-state index is 12.1. The highest BCUT2D eigenvalue weighted by Crippen LogP contribution is 2.22. The van der Waals surface area contributed by atoms with Crippen molar-refractivity contribution in [2.45, 2.75) is 24.8 Å². The molecular weight excluding hydrogens is 288 g/mol. The fourth-order valence-corrected chi connectivity index (χ4v) is 3.22. The van der Waals surface area contributed by atoms with Crippen molar-refractivity contribution >= 4 is 21.6 Å². The van der Waals surface area contributed by atoms with Crippen LogP contribution in [0.3, 0.4) is 0 Å². The molecule has 5 nitrogen and oxygen atoms in total. The van der Waals surface area contributed by atoms with Crippen molar-refractivity contribution in [2.75, 3.05) is 13.2 Å². The van der Waals surface area contributed by atoms with E-state index in [4.69, 9.17) is 21.6 Å². The average Bonchev–Trinajstić information content (AvgIpc) is 2.35. The molecule has 1 atom stereocenters. The van der Waals surface area contributed by atoms with Gasteiger partial charge in [0.1, 0.15) is 4.90 Å². The lowest BCUT2D eigenvalue weighted by atomic mass is 10.2. The molecule has 0 aliphatic rings. The monoisotopic (exact) mass is 302 g/mol. The van der Waals surface area contributed by atoms with E-state index in [2.05, 4.69) is 4.72 Å². The van der Waals surface area contributed by atoms with Gasteiger partial charge in [0.2, 0.25) is 10.0 Å². The number of halogens is 1. The van der Waals surface area contributed by atoms with Gasteiger partial charge in [0.15, 0.2) is 0 Å². The van der Waals surface area contributed by atoms with E-state index in [0.717, 1.165) is 0 Å². The number of sulfonamides is 1. The molecule has 0 aromatic heterocycles. The second-order valence-electron chi connectivity index (χ2n) is 3.94. The Morgan fingerprint density at radius 3 is 2.74 bits per heavy atom. The molecule has 1 aromatic carbocycles. The van der Waals surface area contributed by atoms with Gasteiger partial charge in [0.25, 0.3) is 0 Å². The number of rotatable bonds is 6. The quantitative estimate of drug-likeness (QED) is 0.870. The van der Waals surface area contributed by atoms with Gasteiger partial charge in [0.05, 0.1) is 23.3 Å². The molecule has 1 unspecified atom stereocenters. The van der Waals surface area contributed by atoms with Crippen molar-refractivity contribution in [1.29, 1.82) is 5.26 Å². The van der Waals surface area contributed by atoms with E-state index in [0.29, 0.717) is 12.2 Å². The molecular formula is C12H15ClN2O3S. The highest BCUT2D eigenvalue weighted by atomic mass is 35.5. The standard InChI is InChI=1S/C12H15ClN2O3S/c1-3-18-8-9(2)15-19(16,17)12-5-4-10(7-14)6-11(12)13/h4-6,9,15H,3,8H2,1-2H3. The number of hydrogen-bond donors (Lipinski definition) is 1. The lowest BCUT2D eigenvalue weighted by molar-refractivity contribution is 0.133. The predicted molar refractivity (Wildman–Crippen MR) is 72.4 cm³/mol. The molecule has 0 aliphatic heterocycles. The van der Waals surface area contributed by atoms with Crippen LogP contribution in [0.4, 0.5) is 0 Å². The maximum absolute atomic E-state index is 12.1. The van der Waals surface area contributed by atoms with E-state index in [1.165, 1.54) is 18.2 Å². The minimum atomic E-state index is -3.72. The topological polar surface area (TPSA) is 79.2 Å². The van der Waals surface area contributed by atoms with Gasteiger partial charge in [-0.3, -0.25) is 0 Å². The van der Waals surface area contributed by atoms with Crippen molar-refractivity contribution in [3.63, 3.8) is 0 Å². The Labute approximate surface area is 118 Å². The molecule has 0 aliphatic carbocycles. The zero-order valence-corrected chi connectivity index (χ0v) is 12.3. The number of nitriles is 1. The molecule has 0 saturated heterocycles. The first-order valence-electron chi connectivity index (χ1n) is 5.70. The molecule has 104 valence electrons. The van der Waals surface area contributed by atoms with E-state index in [1.54, 1.807) is 6.92 Å². The summed E-state index contributed by atoms with van der Waals surface area (Å²) in [7, 11) is -3.72. The number of hydrogen-bond acceptors (Lipinski definition) is 4. The molecule has 0 bridgehead atoms. The number of nitrogens with zero attached hydrogens (tertiary/aromatic N) is 1. The van der Waals surface area contributed by atoms with Crippen LogP contribution in [-0.2, 0) is 14.8 Å². The van der Waals surface area contributed by atoms with Crippen LogP contribution in [-0.4, -0.2) is 27.7 Å². The largest absolute Gasteiger partial charge is 0.380 e. The van der Waals surface area contributed by atoms with E-state index < -0.39 is 10.0 Å². The molecule has 1 N–H and O–H groups in total. The Bertz CT molecular complexity index is 581. The van der Waals surface area contributed by atoms with Crippen LogP contribution in [0.2, 0.25) is 5.02 Å². The van der Waals surface area contributed by atoms with Gasteiger partial charge in [-0.05, 0) is 32.0 Å². The van der Waals surface area contributed by atoms with Crippen molar-refractivity contribution in [1.82, 2.24) is 4.72 Å². The normalized spacial score (nSPS) is 12.9. The first-order chi connectivity index (χ1) is 8.90. The second kappa shape index (κ2) is 6.87. The summed E-state index contributed by atoms with van der Waals surface area (Å²) in [5.74, 6) is 0. The Balaban J connectivity index is 2.92. The van der Waals surface area contributed by atoms with Gasteiger partial charge in [-0.2, -0.15) is 5.26 Å². The molecule has 0 radical (unpaired) electrons. The minimum Gasteiger partial charge on any atom is -0.380 e. The lowest BCUT2D eigenvalue weighted by Gasteiger charge is -2.14. The van der Waals surface area contributed by atoms with Crippen LogP contribution in [0.5, 0.6) is 0 Å². The number of benzene rings is 1. The van der Waals surface area contributed by atoms with Gasteiger partial charge in [-0.1, -0.05) is 11.6 Å². The molecule has 7 heteroatoms. The van der Waals surface area contributed by atoms with Crippen molar-refractivity contribution in [2.24, 2.45) is 0 Å². The average molecular weight is 303 g/mol. The summed E-state index contributed by atoms with van der Waals surface area (Å²) in [6.07, 6.45) is 0. The summed E-state index contributed by atoms with van der Waals surface area (Å²) in [6.45, 7) is 4.33. The summed E-state index contributed by atoms with van der Waals surface area (Å²) >= 11 is 5.88. The van der Waals surface area contributed by atoms with Crippen LogP contribution >= 0.6 is 11.6 Å². The van der Waals surface area contributed by atoms with E-state index in [9.17, 15) is 8.42 Å². The highest BCUT2D eigenvalue weighted by Gasteiger charge is 2.20. The van der Waals surface area contributed by atoms with Crippen molar-refractivity contribution in [3.05, 3.63) is 28.8 Å². The third kappa shape index (κ3) is 4.48. The zero-order valence-electron chi connectivity index (χ0n) is 10.7. The minimum absolute atomic E-state index is 0.0233. The molecule has 1 rings (SSSR count). The molecule has 0 heterocycles. The summed E-state index contributed by atoms with van der Waals surface area (Å²) in [4.78, 5) is -0.0449. The summed E-state index contributed by atoms with van der Waals surface area (Å²) < 4.78 is 31.8. The zero-order chi connectivity index (χ0) is 14.5. The van der Waals surface area contributed by atoms with Crippen LogP contribution in [0.1, 0.15) is 19.4 Å². The van der Waals surface area contributed by atoms with Gasteiger partial charge in [-0.25, -0.2) is 13.1 Å². The van der Waals surface area contributed by atoms with Crippen LogP contribution < -0.4 is 4.72 Å². The summed E-state index contributed by atoms with van der Waals surface area (Å²) in [6, 6.07) is 5.58. The summed E-state index contributed by atoms with van der Waals surface area (Å²) in [5.41, 5.74) is 0.311.